The quantitative estimate of drug-likeness (QED) is 0.301. The summed E-state index contributed by atoms with van der Waals surface area (Å²) in [5.41, 5.74) is -1.37. The van der Waals surface area contributed by atoms with Crippen LogP contribution in [0.25, 0.3) is 0 Å². The molecule has 2 rings (SSSR count). The van der Waals surface area contributed by atoms with Gasteiger partial charge in [-0.05, 0) is 11.8 Å². The summed E-state index contributed by atoms with van der Waals surface area (Å²) in [4.78, 5) is 21.6. The van der Waals surface area contributed by atoms with Crippen molar-refractivity contribution >= 4 is 17.4 Å². The minimum Gasteiger partial charge on any atom is -0.358 e. The fourth-order valence-corrected chi connectivity index (χ4v) is 1.82. The summed E-state index contributed by atoms with van der Waals surface area (Å²) >= 11 is 0. The van der Waals surface area contributed by atoms with Crippen molar-refractivity contribution in [1.82, 2.24) is 9.78 Å². The molecule has 128 valence electrons. The molecule has 0 saturated heterocycles. The van der Waals surface area contributed by atoms with Crippen molar-refractivity contribution in [3.63, 3.8) is 0 Å². The van der Waals surface area contributed by atoms with E-state index in [0.717, 1.165) is 6.07 Å². The Kier molecular flexibility index (Phi) is 4.48. The molecule has 0 spiro atoms. The molecule has 0 atom stereocenters. The van der Waals surface area contributed by atoms with Gasteiger partial charge < -0.3 is 15.4 Å². The summed E-state index contributed by atoms with van der Waals surface area (Å²) in [6.45, 7) is 0.523. The van der Waals surface area contributed by atoms with Gasteiger partial charge in [0.15, 0.2) is 29.8 Å². The van der Waals surface area contributed by atoms with E-state index < -0.39 is 58.0 Å². The van der Waals surface area contributed by atoms with Crippen molar-refractivity contribution in [2.45, 2.75) is 13.5 Å². The lowest BCUT2D eigenvalue weighted by atomic mass is 10.2. The first-order valence-corrected chi connectivity index (χ1v) is 6.13. The molecule has 1 N–H and O–H groups in total. The van der Waals surface area contributed by atoms with E-state index >= 15 is 0 Å². The van der Waals surface area contributed by atoms with E-state index in [1.165, 1.54) is 12.2 Å². The van der Waals surface area contributed by atoms with Gasteiger partial charge in [-0.15, -0.1) is 4.68 Å². The van der Waals surface area contributed by atoms with Crippen molar-refractivity contribution < 1.29 is 31.7 Å². The van der Waals surface area contributed by atoms with E-state index in [-0.39, 0.29) is 5.69 Å². The Labute approximate surface area is 129 Å². The number of benzene rings is 1. The highest BCUT2D eigenvalue weighted by molar-refractivity contribution is 5.91. The van der Waals surface area contributed by atoms with Crippen LogP contribution in [0.3, 0.4) is 0 Å². The molecule has 0 unspecified atom stereocenters. The Bertz CT molecular complexity index is 823. The summed E-state index contributed by atoms with van der Waals surface area (Å²) in [7, 11) is 0. The van der Waals surface area contributed by atoms with Gasteiger partial charge in [-0.1, -0.05) is 5.10 Å². The smallest absolute Gasteiger partial charge is 0.345 e. The van der Waals surface area contributed by atoms with Crippen LogP contribution in [0.1, 0.15) is 5.69 Å². The molecule has 0 aliphatic carbocycles. The van der Waals surface area contributed by atoms with E-state index in [1.807, 2.05) is 0 Å². The standard InChI is InChI=1S/C12H7F5N4O3/c1-4-2-6(21(23)24)20(19-4)3-5(22)18-12-10(16)8(14)7(13)9(15)11(12)17/h2H,3H2,1H3,(H,18,22). The number of nitrogens with zero attached hydrogens (tertiary/aromatic N) is 3. The highest BCUT2D eigenvalue weighted by Gasteiger charge is 2.28. The van der Waals surface area contributed by atoms with Gasteiger partial charge in [0.25, 0.3) is 5.91 Å². The lowest BCUT2D eigenvalue weighted by Gasteiger charge is -2.09. The van der Waals surface area contributed by atoms with Crippen LogP contribution in [0.2, 0.25) is 0 Å². The van der Waals surface area contributed by atoms with Crippen LogP contribution in [-0.2, 0) is 11.3 Å². The van der Waals surface area contributed by atoms with Crippen LogP contribution in [0, 0.1) is 46.1 Å². The van der Waals surface area contributed by atoms with Crippen LogP contribution >= 0.6 is 0 Å². The largest absolute Gasteiger partial charge is 0.358 e. The Balaban J connectivity index is 2.30. The van der Waals surface area contributed by atoms with E-state index in [4.69, 9.17) is 0 Å². The number of hydrogen-bond donors (Lipinski definition) is 1. The number of hydrogen-bond acceptors (Lipinski definition) is 4. The number of halogens is 5. The Morgan fingerprint density at radius 1 is 1.17 bits per heavy atom. The minimum atomic E-state index is -2.37. The number of rotatable bonds is 4. The molecule has 1 aromatic carbocycles. The first-order valence-electron chi connectivity index (χ1n) is 6.13. The fraction of sp³-hybridized carbons (Fsp3) is 0.167. The number of carbonyl (C=O) groups is 1. The van der Waals surface area contributed by atoms with Crippen molar-refractivity contribution in [2.24, 2.45) is 0 Å². The molecule has 0 saturated carbocycles. The third kappa shape index (κ3) is 3.02. The average molecular weight is 350 g/mol. The van der Waals surface area contributed by atoms with E-state index in [1.54, 1.807) is 0 Å². The molecule has 0 radical (unpaired) electrons. The van der Waals surface area contributed by atoms with Crippen LogP contribution < -0.4 is 5.32 Å². The molecule has 12 heteroatoms. The van der Waals surface area contributed by atoms with Gasteiger partial charge in [0.05, 0.1) is 11.8 Å². The number of anilines is 1. The van der Waals surface area contributed by atoms with Crippen molar-refractivity contribution in [1.29, 1.82) is 0 Å². The normalized spacial score (nSPS) is 10.8. The molecule has 1 aromatic heterocycles. The summed E-state index contributed by atoms with van der Waals surface area (Å²) < 4.78 is 66.5. The van der Waals surface area contributed by atoms with Gasteiger partial charge in [-0.25, -0.2) is 22.0 Å². The molecule has 2 aromatic rings. The molecule has 0 aliphatic rings. The maximum Gasteiger partial charge on any atom is 0.345 e. The van der Waals surface area contributed by atoms with Gasteiger partial charge in [-0.2, -0.15) is 0 Å². The number of amides is 1. The first kappa shape index (κ1) is 17.3. The SMILES string of the molecule is Cc1cc([N+](=O)[O-])n(CC(=O)Nc2c(F)c(F)c(F)c(F)c2F)n1. The first-order chi connectivity index (χ1) is 11.1. The zero-order valence-electron chi connectivity index (χ0n) is 11.7. The summed E-state index contributed by atoms with van der Waals surface area (Å²) in [5, 5.41) is 15.9. The Morgan fingerprint density at radius 3 is 2.17 bits per heavy atom. The number of carbonyl (C=O) groups excluding carboxylic acids is 1. The fourth-order valence-electron chi connectivity index (χ4n) is 1.82. The number of nitro groups is 1. The van der Waals surface area contributed by atoms with Crippen LogP contribution in [0.15, 0.2) is 6.07 Å². The zero-order valence-corrected chi connectivity index (χ0v) is 11.7. The zero-order chi connectivity index (χ0) is 18.2. The lowest BCUT2D eigenvalue weighted by molar-refractivity contribution is -0.392. The van der Waals surface area contributed by atoms with Gasteiger partial charge in [-0.3, -0.25) is 4.79 Å². The molecule has 1 heterocycles. The third-order valence-corrected chi connectivity index (χ3v) is 2.84. The molecule has 0 fully saturated rings. The van der Waals surface area contributed by atoms with Crippen molar-refractivity contribution in [3.05, 3.63) is 51.0 Å². The maximum absolute atomic E-state index is 13.4. The van der Waals surface area contributed by atoms with Gasteiger partial charge in [0.1, 0.15) is 5.69 Å². The molecular weight excluding hydrogens is 343 g/mol. The molecule has 7 nitrogen and oxygen atoms in total. The van der Waals surface area contributed by atoms with Crippen LogP contribution in [0.4, 0.5) is 33.5 Å². The van der Waals surface area contributed by atoms with Gasteiger partial charge in [0.2, 0.25) is 5.82 Å². The highest BCUT2D eigenvalue weighted by Crippen LogP contribution is 2.27. The van der Waals surface area contributed by atoms with Gasteiger partial charge >= 0.3 is 5.82 Å². The van der Waals surface area contributed by atoms with Crippen molar-refractivity contribution in [3.8, 4) is 0 Å². The van der Waals surface area contributed by atoms with Crippen LogP contribution in [-0.4, -0.2) is 20.6 Å². The van der Waals surface area contributed by atoms with Crippen molar-refractivity contribution in [2.75, 3.05) is 5.32 Å². The van der Waals surface area contributed by atoms with Crippen LogP contribution in [0.5, 0.6) is 0 Å². The van der Waals surface area contributed by atoms with E-state index in [2.05, 4.69) is 5.10 Å². The monoisotopic (exact) mass is 350 g/mol. The number of aryl methyl sites for hydroxylation is 1. The predicted molar refractivity (Wildman–Crippen MR) is 68.5 cm³/mol. The Morgan fingerprint density at radius 2 is 1.67 bits per heavy atom. The lowest BCUT2D eigenvalue weighted by Crippen LogP contribution is -2.22. The molecule has 0 bridgehead atoms. The predicted octanol–water partition coefficient (Wildman–Crippen LogP) is 2.43. The minimum absolute atomic E-state index is 0.186. The molecule has 24 heavy (non-hydrogen) atoms. The summed E-state index contributed by atoms with van der Waals surface area (Å²) in [6.07, 6.45) is 0. The highest BCUT2D eigenvalue weighted by atomic mass is 19.2. The third-order valence-electron chi connectivity index (χ3n) is 2.84. The molecule has 0 aliphatic heterocycles. The van der Waals surface area contributed by atoms with E-state index in [0.29, 0.717) is 4.68 Å². The Hall–Kier alpha value is -3.05. The summed E-state index contributed by atoms with van der Waals surface area (Å²) in [5.74, 6) is -13.2. The topological polar surface area (TPSA) is 90.1 Å². The summed E-state index contributed by atoms with van der Waals surface area (Å²) in [6, 6.07) is 1.03. The number of aromatic nitrogens is 2. The molecule has 1 amide bonds. The second-order valence-corrected chi connectivity index (χ2v) is 4.55. The van der Waals surface area contributed by atoms with Gasteiger partial charge in [0, 0.05) is 0 Å². The second-order valence-electron chi connectivity index (χ2n) is 4.55. The second kappa shape index (κ2) is 6.22. The number of nitrogens with one attached hydrogen (secondary N) is 1. The maximum atomic E-state index is 13.4. The van der Waals surface area contributed by atoms with E-state index in [9.17, 15) is 36.9 Å². The molecular formula is C12H7F5N4O3. The average Bonchev–Trinajstić information content (AvgIpc) is 2.88.